The van der Waals surface area contributed by atoms with Crippen molar-refractivity contribution >= 4 is 21.7 Å². The van der Waals surface area contributed by atoms with Crippen molar-refractivity contribution in [1.29, 1.82) is 0 Å². The van der Waals surface area contributed by atoms with Crippen LogP contribution in [0.5, 0.6) is 0 Å². The third kappa shape index (κ3) is 6.15. The number of piperazine rings is 1. The molecule has 10 heteroatoms. The predicted molar refractivity (Wildman–Crippen MR) is 112 cm³/mol. The van der Waals surface area contributed by atoms with Gasteiger partial charge in [-0.15, -0.1) is 0 Å². The van der Waals surface area contributed by atoms with Crippen LogP contribution in [0.2, 0.25) is 0 Å². The van der Waals surface area contributed by atoms with Gasteiger partial charge in [-0.3, -0.25) is 19.4 Å². The predicted octanol–water partition coefficient (Wildman–Crippen LogP) is -0.923. The van der Waals surface area contributed by atoms with Gasteiger partial charge in [-0.2, -0.15) is 0 Å². The summed E-state index contributed by atoms with van der Waals surface area (Å²) in [5.74, 6) is 0.309. The molecular weight excluding hydrogens is 408 g/mol. The molecule has 0 aromatic heterocycles. The first-order valence-corrected chi connectivity index (χ1v) is 13.1. The van der Waals surface area contributed by atoms with Gasteiger partial charge in [-0.1, -0.05) is 0 Å². The fraction of sp³-hybridized carbons (Fsp3) is 0.900. The molecule has 30 heavy (non-hydrogen) atoms. The maximum atomic E-state index is 13.1. The molecule has 0 unspecified atom stereocenters. The molecule has 0 aromatic carbocycles. The fourth-order valence-electron chi connectivity index (χ4n) is 4.58. The van der Waals surface area contributed by atoms with E-state index >= 15 is 0 Å². The topological polar surface area (TPSA) is 99.3 Å². The van der Waals surface area contributed by atoms with Gasteiger partial charge in [0.25, 0.3) is 0 Å². The van der Waals surface area contributed by atoms with Crippen molar-refractivity contribution < 1.29 is 22.7 Å². The number of rotatable bonds is 8. The zero-order valence-corrected chi connectivity index (χ0v) is 18.4. The second-order valence-corrected chi connectivity index (χ2v) is 11.4. The summed E-state index contributed by atoms with van der Waals surface area (Å²) in [4.78, 5) is 31.1. The van der Waals surface area contributed by atoms with Crippen LogP contribution in [0.4, 0.5) is 0 Å². The highest BCUT2D eigenvalue weighted by Gasteiger charge is 2.37. The zero-order chi connectivity index (χ0) is 21.1. The van der Waals surface area contributed by atoms with Crippen molar-refractivity contribution in [3.63, 3.8) is 0 Å². The number of nitrogens with one attached hydrogen (secondary N) is 1. The lowest BCUT2D eigenvalue weighted by molar-refractivity contribution is -0.136. The van der Waals surface area contributed by atoms with Crippen LogP contribution >= 0.6 is 0 Å². The SMILES string of the molecule is O=C(CN1CCN(CC(=O)N(C[C@@H]2CCCO2)[C@H]2CCS(=O)(=O)C2)CC1)NC1CC1. The molecular formula is C20H34N4O5S. The molecule has 0 spiro atoms. The number of sulfone groups is 1. The minimum Gasteiger partial charge on any atom is -0.376 e. The number of hydrogen-bond donors (Lipinski definition) is 1. The molecule has 4 fully saturated rings. The average molecular weight is 443 g/mol. The molecule has 3 saturated heterocycles. The number of ether oxygens (including phenoxy) is 1. The first-order chi connectivity index (χ1) is 14.4. The van der Waals surface area contributed by atoms with Crippen LogP contribution < -0.4 is 5.32 Å². The third-order valence-corrected chi connectivity index (χ3v) is 8.28. The van der Waals surface area contributed by atoms with Gasteiger partial charge in [0.1, 0.15) is 0 Å². The Morgan fingerprint density at radius 1 is 1.00 bits per heavy atom. The summed E-state index contributed by atoms with van der Waals surface area (Å²) in [6.45, 7) is 4.91. The van der Waals surface area contributed by atoms with E-state index in [1.807, 2.05) is 0 Å². The fourth-order valence-corrected chi connectivity index (χ4v) is 6.31. The van der Waals surface area contributed by atoms with Crippen molar-refractivity contribution in [2.75, 3.05) is 63.9 Å². The van der Waals surface area contributed by atoms with E-state index in [1.165, 1.54) is 0 Å². The number of carbonyl (C=O) groups excluding carboxylic acids is 2. The van der Waals surface area contributed by atoms with Gasteiger partial charge in [-0.25, -0.2) is 8.42 Å². The summed E-state index contributed by atoms with van der Waals surface area (Å²) in [6, 6.07) is 0.143. The van der Waals surface area contributed by atoms with Crippen LogP contribution in [-0.4, -0.2) is 117 Å². The van der Waals surface area contributed by atoms with Gasteiger partial charge in [0.15, 0.2) is 9.84 Å². The van der Waals surface area contributed by atoms with E-state index in [1.54, 1.807) is 4.90 Å². The molecule has 3 heterocycles. The second kappa shape index (κ2) is 9.50. The smallest absolute Gasteiger partial charge is 0.237 e. The van der Waals surface area contributed by atoms with Crippen molar-refractivity contribution in [3.8, 4) is 0 Å². The van der Waals surface area contributed by atoms with E-state index in [2.05, 4.69) is 15.1 Å². The summed E-state index contributed by atoms with van der Waals surface area (Å²) in [7, 11) is -3.06. The number of hydrogen-bond acceptors (Lipinski definition) is 7. The molecule has 0 bridgehead atoms. The molecule has 4 aliphatic rings. The Hall–Kier alpha value is -1.23. The van der Waals surface area contributed by atoms with E-state index < -0.39 is 9.84 Å². The minimum atomic E-state index is -3.06. The summed E-state index contributed by atoms with van der Waals surface area (Å²) >= 11 is 0. The molecule has 2 amide bonds. The number of nitrogens with zero attached hydrogens (tertiary/aromatic N) is 3. The highest BCUT2D eigenvalue weighted by atomic mass is 32.2. The quantitative estimate of drug-likeness (QED) is 0.519. The average Bonchev–Trinajstić information content (AvgIpc) is 3.21. The largest absolute Gasteiger partial charge is 0.376 e. The monoisotopic (exact) mass is 442 g/mol. The summed E-state index contributed by atoms with van der Waals surface area (Å²) in [5, 5.41) is 3.02. The molecule has 1 aliphatic carbocycles. The summed E-state index contributed by atoms with van der Waals surface area (Å²) in [5.41, 5.74) is 0. The van der Waals surface area contributed by atoms with Crippen molar-refractivity contribution in [2.45, 2.75) is 50.3 Å². The number of amides is 2. The zero-order valence-electron chi connectivity index (χ0n) is 17.6. The maximum Gasteiger partial charge on any atom is 0.237 e. The Kier molecular flexibility index (Phi) is 6.96. The van der Waals surface area contributed by atoms with Gasteiger partial charge in [0, 0.05) is 51.4 Å². The van der Waals surface area contributed by atoms with Crippen LogP contribution in [0.15, 0.2) is 0 Å². The lowest BCUT2D eigenvalue weighted by Gasteiger charge is -2.36. The Balaban J connectivity index is 1.27. The molecule has 3 aliphatic heterocycles. The van der Waals surface area contributed by atoms with Gasteiger partial charge < -0.3 is 15.0 Å². The lowest BCUT2D eigenvalue weighted by atomic mass is 10.1. The van der Waals surface area contributed by atoms with E-state index in [9.17, 15) is 18.0 Å². The van der Waals surface area contributed by atoms with Crippen molar-refractivity contribution in [1.82, 2.24) is 20.0 Å². The highest BCUT2D eigenvalue weighted by Crippen LogP contribution is 2.22. The van der Waals surface area contributed by atoms with Crippen LogP contribution in [-0.2, 0) is 24.2 Å². The third-order valence-electron chi connectivity index (χ3n) is 6.53. The van der Waals surface area contributed by atoms with Crippen molar-refractivity contribution in [2.24, 2.45) is 0 Å². The van der Waals surface area contributed by atoms with E-state index in [-0.39, 0.29) is 35.5 Å². The number of carbonyl (C=O) groups is 2. The van der Waals surface area contributed by atoms with Gasteiger partial charge in [-0.05, 0) is 32.1 Å². The van der Waals surface area contributed by atoms with E-state index in [0.29, 0.717) is 38.7 Å². The Morgan fingerprint density at radius 2 is 1.70 bits per heavy atom. The first-order valence-electron chi connectivity index (χ1n) is 11.2. The van der Waals surface area contributed by atoms with Crippen LogP contribution in [0, 0.1) is 0 Å². The second-order valence-electron chi connectivity index (χ2n) is 9.13. The Morgan fingerprint density at radius 3 is 2.27 bits per heavy atom. The van der Waals surface area contributed by atoms with Crippen LogP contribution in [0.25, 0.3) is 0 Å². The van der Waals surface area contributed by atoms with Gasteiger partial charge in [0.2, 0.25) is 11.8 Å². The Labute approximate surface area is 179 Å². The molecule has 1 N–H and O–H groups in total. The normalized spacial score (nSPS) is 29.7. The summed E-state index contributed by atoms with van der Waals surface area (Å²) in [6.07, 6.45) is 4.62. The van der Waals surface area contributed by atoms with Crippen LogP contribution in [0.3, 0.4) is 0 Å². The molecule has 0 aromatic rings. The Bertz CT molecular complexity index is 727. The molecule has 4 rings (SSSR count). The summed E-state index contributed by atoms with van der Waals surface area (Å²) < 4.78 is 29.7. The molecule has 2 atom stereocenters. The molecule has 170 valence electrons. The molecule has 1 saturated carbocycles. The van der Waals surface area contributed by atoms with E-state index in [0.717, 1.165) is 51.9 Å². The standard InChI is InChI=1S/C20H34N4O5S/c25-19(21-16-3-4-16)13-22-6-8-23(9-7-22)14-20(26)24(12-18-2-1-10-29-18)17-5-11-30(27,28)15-17/h16-18H,1-15H2,(H,21,25)/t17-,18-/m0/s1. The van der Waals surface area contributed by atoms with Crippen molar-refractivity contribution in [3.05, 3.63) is 0 Å². The maximum absolute atomic E-state index is 13.1. The first kappa shape index (κ1) is 22.0. The lowest BCUT2D eigenvalue weighted by Crippen LogP contribution is -2.54. The van der Waals surface area contributed by atoms with Gasteiger partial charge >= 0.3 is 0 Å². The molecule has 0 radical (unpaired) electrons. The van der Waals surface area contributed by atoms with Gasteiger partial charge in [0.05, 0.1) is 30.7 Å². The van der Waals surface area contributed by atoms with E-state index in [4.69, 9.17) is 4.74 Å². The molecule has 9 nitrogen and oxygen atoms in total. The minimum absolute atomic E-state index is 0.00692. The highest BCUT2D eigenvalue weighted by molar-refractivity contribution is 7.91. The van der Waals surface area contributed by atoms with Crippen LogP contribution in [0.1, 0.15) is 32.1 Å².